The molecule has 0 saturated carbocycles. The van der Waals surface area contributed by atoms with E-state index in [-0.39, 0.29) is 12.5 Å². The molecule has 1 aromatic heterocycles. The number of fused-ring (bicyclic) bond motifs is 1. The van der Waals surface area contributed by atoms with Crippen LogP contribution < -0.4 is 5.32 Å². The molecular formula is C14H19N3O2. The smallest absolute Gasteiger partial charge is 0.251 e. The average Bonchev–Trinajstić information content (AvgIpc) is 2.89. The van der Waals surface area contributed by atoms with Crippen molar-refractivity contribution < 1.29 is 9.90 Å². The topological polar surface area (TPSA) is 78.0 Å². The number of nitrogens with zero attached hydrogens (tertiary/aromatic N) is 1. The van der Waals surface area contributed by atoms with Gasteiger partial charge in [-0.15, -0.1) is 0 Å². The number of H-pyrrole nitrogens is 1. The lowest BCUT2D eigenvalue weighted by Gasteiger charge is -2.05. The zero-order valence-electron chi connectivity index (χ0n) is 10.9. The number of aliphatic hydroxyl groups excluding tert-OH is 1. The molecule has 0 bridgehead atoms. The van der Waals surface area contributed by atoms with E-state index in [0.29, 0.717) is 12.1 Å². The highest BCUT2D eigenvalue weighted by Gasteiger charge is 2.06. The van der Waals surface area contributed by atoms with Crippen molar-refractivity contribution in [3.63, 3.8) is 0 Å². The second-order valence-corrected chi connectivity index (χ2v) is 4.57. The van der Waals surface area contributed by atoms with Gasteiger partial charge in [0.15, 0.2) is 0 Å². The van der Waals surface area contributed by atoms with Gasteiger partial charge in [-0.2, -0.15) is 5.10 Å². The number of carbonyl (C=O) groups is 1. The van der Waals surface area contributed by atoms with Crippen molar-refractivity contribution in [2.24, 2.45) is 0 Å². The quantitative estimate of drug-likeness (QED) is 0.665. The lowest BCUT2D eigenvalue weighted by molar-refractivity contribution is 0.0953. The number of hydrogen-bond donors (Lipinski definition) is 3. The van der Waals surface area contributed by atoms with Gasteiger partial charge >= 0.3 is 0 Å². The third-order valence-corrected chi connectivity index (χ3v) is 3.07. The van der Waals surface area contributed by atoms with E-state index in [1.165, 1.54) is 0 Å². The molecule has 0 spiro atoms. The standard InChI is InChI=1S/C14H19N3O2/c18-8-4-2-1-3-7-15-14(19)11-5-6-13-12(9-11)10-16-17-13/h5-6,9-10,18H,1-4,7-8H2,(H,15,19)(H,16,17). The minimum Gasteiger partial charge on any atom is -0.396 e. The number of aliphatic hydroxyl groups is 1. The summed E-state index contributed by atoms with van der Waals surface area (Å²) in [6.45, 7) is 0.921. The van der Waals surface area contributed by atoms with E-state index in [4.69, 9.17) is 5.11 Å². The minimum absolute atomic E-state index is 0.0507. The number of carbonyl (C=O) groups excluding carboxylic acids is 1. The number of nitrogens with one attached hydrogen (secondary N) is 2. The second-order valence-electron chi connectivity index (χ2n) is 4.57. The number of rotatable bonds is 7. The molecule has 0 aliphatic carbocycles. The van der Waals surface area contributed by atoms with Gasteiger partial charge in [0.2, 0.25) is 0 Å². The number of amides is 1. The van der Waals surface area contributed by atoms with Crippen molar-refractivity contribution in [1.82, 2.24) is 15.5 Å². The van der Waals surface area contributed by atoms with Crippen LogP contribution in [0, 0.1) is 0 Å². The van der Waals surface area contributed by atoms with Gasteiger partial charge in [-0.25, -0.2) is 0 Å². The second kappa shape index (κ2) is 6.89. The van der Waals surface area contributed by atoms with Gasteiger partial charge in [-0.05, 0) is 31.0 Å². The fourth-order valence-corrected chi connectivity index (χ4v) is 1.98. The van der Waals surface area contributed by atoms with Crippen LogP contribution in [-0.2, 0) is 0 Å². The van der Waals surface area contributed by atoms with Gasteiger partial charge in [0.25, 0.3) is 5.91 Å². The molecule has 5 heteroatoms. The van der Waals surface area contributed by atoms with Gasteiger partial charge in [0.1, 0.15) is 0 Å². The third-order valence-electron chi connectivity index (χ3n) is 3.07. The third kappa shape index (κ3) is 3.79. The molecule has 19 heavy (non-hydrogen) atoms. The Morgan fingerprint density at radius 2 is 2.11 bits per heavy atom. The monoisotopic (exact) mass is 261 g/mol. The fraction of sp³-hybridized carbons (Fsp3) is 0.429. The summed E-state index contributed by atoms with van der Waals surface area (Å²) in [7, 11) is 0. The summed E-state index contributed by atoms with van der Waals surface area (Å²) in [5.41, 5.74) is 1.59. The van der Waals surface area contributed by atoms with Crippen molar-refractivity contribution in [2.75, 3.05) is 13.2 Å². The molecule has 0 fully saturated rings. The van der Waals surface area contributed by atoms with E-state index < -0.39 is 0 Å². The van der Waals surface area contributed by atoms with Crippen LogP contribution in [0.3, 0.4) is 0 Å². The predicted octanol–water partition coefficient (Wildman–Crippen LogP) is 1.85. The van der Waals surface area contributed by atoms with Gasteiger partial charge in [-0.3, -0.25) is 9.89 Å². The first kappa shape index (κ1) is 13.5. The Labute approximate surface area is 112 Å². The number of unbranched alkanes of at least 4 members (excludes halogenated alkanes) is 3. The minimum atomic E-state index is -0.0507. The molecule has 0 aliphatic heterocycles. The van der Waals surface area contributed by atoms with Gasteiger partial charge < -0.3 is 10.4 Å². The first-order valence-electron chi connectivity index (χ1n) is 6.63. The molecule has 5 nitrogen and oxygen atoms in total. The van der Waals surface area contributed by atoms with Crippen molar-refractivity contribution in [1.29, 1.82) is 0 Å². The maximum Gasteiger partial charge on any atom is 0.251 e. The van der Waals surface area contributed by atoms with Crippen LogP contribution in [-0.4, -0.2) is 34.4 Å². The van der Waals surface area contributed by atoms with Gasteiger partial charge in [-0.1, -0.05) is 12.8 Å². The van der Waals surface area contributed by atoms with E-state index in [0.717, 1.165) is 36.6 Å². The maximum atomic E-state index is 11.9. The summed E-state index contributed by atoms with van der Waals surface area (Å²) < 4.78 is 0. The summed E-state index contributed by atoms with van der Waals surface area (Å²) in [6.07, 6.45) is 5.53. The molecule has 1 heterocycles. The highest BCUT2D eigenvalue weighted by Crippen LogP contribution is 2.12. The Morgan fingerprint density at radius 1 is 1.26 bits per heavy atom. The molecule has 2 aromatic rings. The molecule has 0 aliphatic rings. The Hall–Kier alpha value is -1.88. The SMILES string of the molecule is O=C(NCCCCCCO)c1ccc2[nH]ncc2c1. The predicted molar refractivity (Wildman–Crippen MR) is 74.0 cm³/mol. The Morgan fingerprint density at radius 3 is 2.95 bits per heavy atom. The van der Waals surface area contributed by atoms with Crippen LogP contribution in [0.25, 0.3) is 10.9 Å². The van der Waals surface area contributed by atoms with Gasteiger partial charge in [0.05, 0.1) is 11.7 Å². The molecule has 0 unspecified atom stereocenters. The molecule has 2 rings (SSSR count). The Kier molecular flexibility index (Phi) is 4.92. The summed E-state index contributed by atoms with van der Waals surface area (Å²) in [4.78, 5) is 11.9. The molecule has 102 valence electrons. The lowest BCUT2D eigenvalue weighted by Crippen LogP contribution is -2.24. The first-order chi connectivity index (χ1) is 9.31. The lowest BCUT2D eigenvalue weighted by atomic mass is 10.1. The summed E-state index contributed by atoms with van der Waals surface area (Å²) in [5.74, 6) is -0.0507. The number of hydrogen-bond acceptors (Lipinski definition) is 3. The van der Waals surface area contributed by atoms with Crippen molar-refractivity contribution in [3.8, 4) is 0 Å². The van der Waals surface area contributed by atoms with Gasteiger partial charge in [0, 0.05) is 24.1 Å². The van der Waals surface area contributed by atoms with E-state index >= 15 is 0 Å². The molecule has 0 radical (unpaired) electrons. The Balaban J connectivity index is 1.79. The highest BCUT2D eigenvalue weighted by atomic mass is 16.2. The largest absolute Gasteiger partial charge is 0.396 e. The molecule has 0 saturated heterocycles. The molecular weight excluding hydrogens is 242 g/mol. The van der Waals surface area contributed by atoms with Crippen LogP contribution in [0.5, 0.6) is 0 Å². The number of aromatic amines is 1. The summed E-state index contributed by atoms with van der Waals surface area (Å²) >= 11 is 0. The fourth-order valence-electron chi connectivity index (χ4n) is 1.98. The highest BCUT2D eigenvalue weighted by molar-refractivity contribution is 5.97. The molecule has 1 amide bonds. The van der Waals surface area contributed by atoms with Crippen molar-refractivity contribution in [2.45, 2.75) is 25.7 Å². The van der Waals surface area contributed by atoms with Crippen molar-refractivity contribution in [3.05, 3.63) is 30.0 Å². The van der Waals surface area contributed by atoms with Crippen molar-refractivity contribution >= 4 is 16.8 Å². The van der Waals surface area contributed by atoms with Crippen LogP contribution in [0.1, 0.15) is 36.0 Å². The summed E-state index contributed by atoms with van der Waals surface area (Å²) in [6, 6.07) is 5.49. The van der Waals surface area contributed by atoms with E-state index in [1.807, 2.05) is 12.1 Å². The number of benzene rings is 1. The zero-order valence-corrected chi connectivity index (χ0v) is 10.9. The zero-order chi connectivity index (χ0) is 13.5. The molecule has 3 N–H and O–H groups in total. The number of aromatic nitrogens is 2. The van der Waals surface area contributed by atoms with Crippen LogP contribution >= 0.6 is 0 Å². The normalized spacial score (nSPS) is 10.8. The first-order valence-corrected chi connectivity index (χ1v) is 6.63. The van der Waals surface area contributed by atoms with Crippen LogP contribution in [0.2, 0.25) is 0 Å². The maximum absolute atomic E-state index is 11.9. The van der Waals surface area contributed by atoms with E-state index in [2.05, 4.69) is 15.5 Å². The average molecular weight is 261 g/mol. The molecule has 1 aromatic carbocycles. The van der Waals surface area contributed by atoms with E-state index in [9.17, 15) is 4.79 Å². The Bertz CT molecular complexity index is 536. The van der Waals surface area contributed by atoms with E-state index in [1.54, 1.807) is 12.3 Å². The summed E-state index contributed by atoms with van der Waals surface area (Å²) in [5, 5.41) is 19.3. The molecule has 0 atom stereocenters. The van der Waals surface area contributed by atoms with Crippen LogP contribution in [0.15, 0.2) is 24.4 Å². The van der Waals surface area contributed by atoms with Crippen LogP contribution in [0.4, 0.5) is 0 Å².